The number of carbonyl (C=O) groups excluding carboxylic acids is 2. The minimum atomic E-state index is -0.343. The van der Waals surface area contributed by atoms with E-state index < -0.39 is 0 Å². The molecule has 5 aromatic rings. The van der Waals surface area contributed by atoms with Crippen molar-refractivity contribution in [1.82, 2.24) is 39.8 Å². The van der Waals surface area contributed by atoms with Crippen LogP contribution in [0.25, 0.3) is 27.7 Å². The highest BCUT2D eigenvalue weighted by Gasteiger charge is 2.32. The van der Waals surface area contributed by atoms with Crippen LogP contribution in [0.3, 0.4) is 0 Å². The Balaban J connectivity index is 1.23. The number of carbonyl (C=O) groups is 2. The van der Waals surface area contributed by atoms with E-state index in [4.69, 9.17) is 4.74 Å². The molecule has 2 aromatic carbocycles. The molecule has 1 fully saturated rings. The van der Waals surface area contributed by atoms with Crippen molar-refractivity contribution < 1.29 is 14.3 Å². The summed E-state index contributed by atoms with van der Waals surface area (Å²) < 4.78 is 7.28. The Morgan fingerprint density at radius 2 is 1.78 bits per heavy atom. The van der Waals surface area contributed by atoms with Crippen LogP contribution in [-0.4, -0.2) is 77.6 Å². The van der Waals surface area contributed by atoms with Crippen molar-refractivity contribution in [2.24, 2.45) is 0 Å². The maximum absolute atomic E-state index is 13.4. The Morgan fingerprint density at radius 1 is 0.973 bits per heavy atom. The van der Waals surface area contributed by atoms with Gasteiger partial charge in [-0.3, -0.25) is 19.0 Å². The predicted molar refractivity (Wildman–Crippen MR) is 137 cm³/mol. The minimum Gasteiger partial charge on any atom is -0.496 e. The Labute approximate surface area is 215 Å². The van der Waals surface area contributed by atoms with Crippen LogP contribution in [-0.2, 0) is 4.79 Å². The first-order valence-electron chi connectivity index (χ1n) is 11.7. The lowest BCUT2D eigenvalue weighted by atomic mass is 10.1. The number of aromatic nitrogens is 6. The number of hydrogen-bond acceptors (Lipinski definition) is 9. The maximum Gasteiger partial charge on any atom is 0.291 e. The lowest BCUT2D eigenvalue weighted by Gasteiger charge is -2.27. The van der Waals surface area contributed by atoms with Gasteiger partial charge >= 0.3 is 0 Å². The summed E-state index contributed by atoms with van der Waals surface area (Å²) in [5, 5.41) is 21.0. The third kappa shape index (κ3) is 4.08. The second kappa shape index (κ2) is 9.28. The van der Waals surface area contributed by atoms with Gasteiger partial charge in [0.1, 0.15) is 17.0 Å². The number of methoxy groups -OCH3 is 1. The zero-order valence-corrected chi connectivity index (χ0v) is 21.0. The molecule has 0 atom stereocenters. The van der Waals surface area contributed by atoms with E-state index in [1.54, 1.807) is 17.6 Å². The van der Waals surface area contributed by atoms with Crippen molar-refractivity contribution >= 4 is 51.3 Å². The maximum atomic E-state index is 13.4. The molecule has 6 rings (SSSR count). The monoisotopic (exact) mass is 514 g/mol. The second-order valence-electron chi connectivity index (χ2n) is 8.62. The van der Waals surface area contributed by atoms with E-state index in [0.717, 1.165) is 22.0 Å². The summed E-state index contributed by atoms with van der Waals surface area (Å²) in [4.78, 5) is 31.2. The molecule has 1 aliphatic heterocycles. The van der Waals surface area contributed by atoms with Gasteiger partial charge in [-0.25, -0.2) is 9.99 Å². The highest BCUT2D eigenvalue weighted by atomic mass is 32.2. The number of aryl methyl sites for hydroxylation is 1. The van der Waals surface area contributed by atoms with Gasteiger partial charge in [-0.1, -0.05) is 30.0 Å². The van der Waals surface area contributed by atoms with Crippen molar-refractivity contribution in [3.8, 4) is 5.75 Å². The number of thioether (sulfide) groups is 1. The third-order valence-corrected chi connectivity index (χ3v) is 7.14. The van der Waals surface area contributed by atoms with Crippen molar-refractivity contribution in [2.75, 3.05) is 26.0 Å². The third-order valence-electron chi connectivity index (χ3n) is 6.23. The van der Waals surface area contributed by atoms with E-state index in [2.05, 4.69) is 25.4 Å². The lowest BCUT2D eigenvalue weighted by Crippen LogP contribution is -2.45. The van der Waals surface area contributed by atoms with E-state index in [0.29, 0.717) is 41.7 Å². The van der Waals surface area contributed by atoms with Gasteiger partial charge in [0, 0.05) is 24.5 Å². The van der Waals surface area contributed by atoms with Crippen molar-refractivity contribution in [3.63, 3.8) is 0 Å². The molecule has 12 heteroatoms. The van der Waals surface area contributed by atoms with Crippen molar-refractivity contribution in [2.45, 2.75) is 18.5 Å². The Hall–Kier alpha value is -4.32. The normalized spacial score (nSPS) is 13.7. The molecule has 11 nitrogen and oxygen atoms in total. The number of nitrogens with zero attached hydrogens (tertiary/aromatic N) is 8. The molecule has 4 heterocycles. The summed E-state index contributed by atoms with van der Waals surface area (Å²) in [7, 11) is 1.56. The van der Waals surface area contributed by atoms with Crippen LogP contribution in [0.5, 0.6) is 5.75 Å². The van der Waals surface area contributed by atoms with Gasteiger partial charge in [0.25, 0.3) is 17.6 Å². The molecule has 0 N–H and O–H groups in total. The molecule has 186 valence electrons. The molecule has 1 aliphatic rings. The van der Waals surface area contributed by atoms with Gasteiger partial charge in [-0.2, -0.15) is 0 Å². The van der Waals surface area contributed by atoms with E-state index in [-0.39, 0.29) is 23.3 Å². The van der Waals surface area contributed by atoms with Gasteiger partial charge in [0.2, 0.25) is 0 Å². The molecule has 0 spiro atoms. The number of ether oxygens (including phenoxy) is 1. The largest absolute Gasteiger partial charge is 0.496 e. The first-order valence-corrected chi connectivity index (χ1v) is 12.7. The Bertz CT molecular complexity index is 1690. The van der Waals surface area contributed by atoms with Gasteiger partial charge < -0.3 is 4.74 Å². The fraction of sp³-hybridized carbons (Fsp3) is 0.240. The second-order valence-corrected chi connectivity index (χ2v) is 9.57. The van der Waals surface area contributed by atoms with Gasteiger partial charge in [0.15, 0.2) is 5.16 Å². The number of benzene rings is 2. The first-order chi connectivity index (χ1) is 18.0. The fourth-order valence-corrected chi connectivity index (χ4v) is 5.28. The van der Waals surface area contributed by atoms with Crippen LogP contribution < -0.4 is 4.74 Å². The topological polar surface area (TPSA) is 119 Å². The minimum absolute atomic E-state index is 0.0781. The number of para-hydroxylation sites is 1. The molecule has 37 heavy (non-hydrogen) atoms. The molecule has 2 amide bonds. The summed E-state index contributed by atoms with van der Waals surface area (Å²) >= 11 is 1.24. The van der Waals surface area contributed by atoms with Crippen molar-refractivity contribution in [1.29, 1.82) is 0 Å². The number of amides is 2. The summed E-state index contributed by atoms with van der Waals surface area (Å²) in [5.41, 5.74) is 3.48. The molecule has 0 unspecified atom stereocenters. The lowest BCUT2D eigenvalue weighted by molar-refractivity contribution is -0.137. The fourth-order valence-electron chi connectivity index (χ4n) is 4.47. The Morgan fingerprint density at radius 3 is 2.65 bits per heavy atom. The number of hydrogen-bond donors (Lipinski definition) is 0. The van der Waals surface area contributed by atoms with E-state index >= 15 is 0 Å². The van der Waals surface area contributed by atoms with E-state index in [9.17, 15) is 9.59 Å². The molecule has 0 radical (unpaired) electrons. The summed E-state index contributed by atoms with van der Waals surface area (Å²) in [6.45, 7) is 2.86. The van der Waals surface area contributed by atoms with Crippen LogP contribution in [0.15, 0.2) is 53.7 Å². The summed E-state index contributed by atoms with van der Waals surface area (Å²) in [5.74, 6) is 0.452. The number of fused-ring (bicyclic) bond motifs is 4. The van der Waals surface area contributed by atoms with Gasteiger partial charge in [-0.05, 0) is 43.2 Å². The molecular formula is C25H22N8O3S. The van der Waals surface area contributed by atoms with Gasteiger partial charge in [-0.15, -0.1) is 20.4 Å². The Kier molecular flexibility index (Phi) is 5.80. The molecule has 0 saturated carbocycles. The van der Waals surface area contributed by atoms with Crippen LogP contribution >= 0.6 is 11.8 Å². The first kappa shape index (κ1) is 23.1. The zero-order chi connectivity index (χ0) is 25.5. The highest BCUT2D eigenvalue weighted by molar-refractivity contribution is 7.99. The number of pyridine rings is 1. The quantitative estimate of drug-likeness (QED) is 0.326. The molecule has 3 aromatic heterocycles. The zero-order valence-electron chi connectivity index (χ0n) is 20.2. The highest BCUT2D eigenvalue weighted by Crippen LogP contribution is 2.27. The molecule has 0 aliphatic carbocycles. The number of rotatable bonds is 5. The van der Waals surface area contributed by atoms with Crippen LogP contribution in [0.2, 0.25) is 0 Å². The molecule has 1 saturated heterocycles. The van der Waals surface area contributed by atoms with Crippen LogP contribution in [0, 0.1) is 6.92 Å². The predicted octanol–water partition coefficient (Wildman–Crippen LogP) is 2.92. The van der Waals surface area contributed by atoms with E-state index in [1.165, 1.54) is 21.8 Å². The summed E-state index contributed by atoms with van der Waals surface area (Å²) in [6, 6.07) is 14.9. The average molecular weight is 515 g/mol. The van der Waals surface area contributed by atoms with Crippen LogP contribution in [0.1, 0.15) is 22.5 Å². The van der Waals surface area contributed by atoms with Crippen LogP contribution in [0.4, 0.5) is 0 Å². The molecule has 0 bridgehead atoms. The number of hydrazine groups is 1. The SMILES string of the molecule is COc1cc(C(=O)N2CCCN2C(=O)CSc2nnc3nnc4cc(C)ccc4n23)nc2ccccc12. The standard InChI is InChI=1S/C25H22N8O3S/c1-15-8-9-20-18(12-15)27-28-24-29-30-25(33(20)24)37-14-22(34)31-10-5-11-32(31)23(35)19-13-21(36-2)16-6-3-4-7-17(16)26-19/h3-4,6-9,12-13H,5,10-11,14H2,1-2H3. The van der Waals surface area contributed by atoms with Crippen molar-refractivity contribution in [3.05, 3.63) is 59.8 Å². The van der Waals surface area contributed by atoms with Gasteiger partial charge in [0.05, 0.1) is 23.9 Å². The summed E-state index contributed by atoms with van der Waals surface area (Å²) in [6.07, 6.45) is 0.681. The smallest absolute Gasteiger partial charge is 0.291 e. The van der Waals surface area contributed by atoms with E-state index in [1.807, 2.05) is 49.4 Å². The molecular weight excluding hydrogens is 492 g/mol. The average Bonchev–Trinajstić information content (AvgIpc) is 3.58.